The number of carbonyl (C=O) groups is 1. The molecule has 1 aliphatic heterocycles. The third kappa shape index (κ3) is 4.60. The fourth-order valence-corrected chi connectivity index (χ4v) is 3.93. The number of nitrogens with zero attached hydrogens (tertiary/aromatic N) is 4. The van der Waals surface area contributed by atoms with E-state index in [9.17, 15) is 4.79 Å². The average Bonchev–Trinajstić information content (AvgIpc) is 3.37. The second-order valence-corrected chi connectivity index (χ2v) is 7.58. The van der Waals surface area contributed by atoms with Gasteiger partial charge in [0.25, 0.3) is 0 Å². The molecule has 4 heterocycles. The molecule has 0 bridgehead atoms. The molecule has 8 nitrogen and oxygen atoms in total. The maximum atomic E-state index is 12.4. The number of hydrogen-bond donors (Lipinski definition) is 2. The second kappa shape index (κ2) is 8.85. The van der Waals surface area contributed by atoms with Gasteiger partial charge in [-0.3, -0.25) is 10.1 Å². The molecule has 2 N–H and O–H groups in total. The number of furan rings is 1. The molecule has 0 spiro atoms. The lowest BCUT2D eigenvalue weighted by Gasteiger charge is -2.19. The summed E-state index contributed by atoms with van der Waals surface area (Å²) in [7, 11) is 1.80. The Morgan fingerprint density at radius 1 is 1.36 bits per heavy atom. The van der Waals surface area contributed by atoms with Crippen LogP contribution in [0.2, 0.25) is 0 Å². The normalized spacial score (nSPS) is 14.6. The molecule has 0 unspecified atom stereocenters. The molecule has 0 aromatic carbocycles. The molecule has 3 aromatic heterocycles. The van der Waals surface area contributed by atoms with Crippen LogP contribution in [0.4, 0.5) is 5.95 Å². The highest BCUT2D eigenvalue weighted by Gasteiger charge is 2.21. The fraction of sp³-hybridized carbons (Fsp3) is 0.444. The summed E-state index contributed by atoms with van der Waals surface area (Å²) in [6, 6.07) is 3.79. The Kier molecular flexibility index (Phi) is 6.48. The van der Waals surface area contributed by atoms with Gasteiger partial charge in [0.05, 0.1) is 12.1 Å². The van der Waals surface area contributed by atoms with Crippen molar-refractivity contribution >= 4 is 35.6 Å². The molecular weight excluding hydrogens is 400 g/mol. The number of piperidine rings is 1. The van der Waals surface area contributed by atoms with E-state index in [-0.39, 0.29) is 24.7 Å². The SMILES string of the molecule is Cc1ccc(-c2nc(CC(=O)Nc3nc(C4CCNCC4)nn3C)cs2)o1.Cl. The van der Waals surface area contributed by atoms with Crippen molar-refractivity contribution < 1.29 is 9.21 Å². The summed E-state index contributed by atoms with van der Waals surface area (Å²) in [5.74, 6) is 3.04. The molecular formula is C18H23ClN6O2S. The van der Waals surface area contributed by atoms with Crippen LogP contribution in [0.25, 0.3) is 10.8 Å². The third-order valence-electron chi connectivity index (χ3n) is 4.58. The van der Waals surface area contributed by atoms with Crippen LogP contribution in [0.3, 0.4) is 0 Å². The van der Waals surface area contributed by atoms with Crippen molar-refractivity contribution in [2.45, 2.75) is 32.1 Å². The van der Waals surface area contributed by atoms with Crippen molar-refractivity contribution in [3.8, 4) is 10.8 Å². The topological polar surface area (TPSA) is 97.9 Å². The van der Waals surface area contributed by atoms with E-state index in [1.807, 2.05) is 24.4 Å². The first kappa shape index (κ1) is 20.5. The quantitative estimate of drug-likeness (QED) is 0.656. The summed E-state index contributed by atoms with van der Waals surface area (Å²) in [6.07, 6.45) is 2.22. The number of aromatic nitrogens is 4. The minimum atomic E-state index is -0.158. The fourth-order valence-electron chi connectivity index (χ4n) is 3.15. The van der Waals surface area contributed by atoms with Crippen LogP contribution in [-0.2, 0) is 18.3 Å². The van der Waals surface area contributed by atoms with Crippen LogP contribution in [0.5, 0.6) is 0 Å². The summed E-state index contributed by atoms with van der Waals surface area (Å²) in [5, 5.41) is 13.3. The largest absolute Gasteiger partial charge is 0.459 e. The number of halogens is 1. The first-order valence-corrected chi connectivity index (χ1v) is 9.89. The Labute approximate surface area is 173 Å². The number of hydrogen-bond acceptors (Lipinski definition) is 7. The van der Waals surface area contributed by atoms with Gasteiger partial charge in [0, 0.05) is 18.3 Å². The summed E-state index contributed by atoms with van der Waals surface area (Å²) < 4.78 is 7.21. The Morgan fingerprint density at radius 2 is 2.14 bits per heavy atom. The summed E-state index contributed by atoms with van der Waals surface area (Å²) in [6.45, 7) is 3.85. The zero-order valence-corrected chi connectivity index (χ0v) is 17.4. The van der Waals surface area contributed by atoms with Crippen molar-refractivity contribution in [3.63, 3.8) is 0 Å². The number of thiazole rings is 1. The van der Waals surface area contributed by atoms with Gasteiger partial charge in [-0.15, -0.1) is 23.7 Å². The average molecular weight is 423 g/mol. The summed E-state index contributed by atoms with van der Waals surface area (Å²) >= 11 is 1.47. The maximum absolute atomic E-state index is 12.4. The summed E-state index contributed by atoms with van der Waals surface area (Å²) in [4.78, 5) is 21.4. The van der Waals surface area contributed by atoms with E-state index in [1.54, 1.807) is 11.7 Å². The van der Waals surface area contributed by atoms with Gasteiger partial charge < -0.3 is 9.73 Å². The van der Waals surface area contributed by atoms with Gasteiger partial charge in [0.2, 0.25) is 11.9 Å². The number of carbonyl (C=O) groups excluding carboxylic acids is 1. The molecule has 10 heteroatoms. The lowest BCUT2D eigenvalue weighted by atomic mass is 9.98. The zero-order chi connectivity index (χ0) is 18.8. The number of rotatable bonds is 5. The van der Waals surface area contributed by atoms with E-state index in [2.05, 4.69) is 25.7 Å². The Bertz CT molecular complexity index is 944. The molecule has 3 aromatic rings. The van der Waals surface area contributed by atoms with Crippen molar-refractivity contribution in [1.82, 2.24) is 25.1 Å². The van der Waals surface area contributed by atoms with Crippen molar-refractivity contribution in [1.29, 1.82) is 0 Å². The molecule has 1 fully saturated rings. The van der Waals surface area contributed by atoms with Crippen LogP contribution in [0.15, 0.2) is 21.9 Å². The van der Waals surface area contributed by atoms with Gasteiger partial charge in [-0.2, -0.15) is 10.1 Å². The molecule has 1 amide bonds. The van der Waals surface area contributed by atoms with Crippen LogP contribution in [0, 0.1) is 6.92 Å². The standard InChI is InChI=1S/C18H22N6O2S.ClH/c1-11-3-4-14(26-11)17-20-13(10-27-17)9-15(25)21-18-22-16(23-24(18)2)12-5-7-19-8-6-12;/h3-4,10,12,19H,5-9H2,1-2H3,(H,21,22,23,25);1H. The van der Waals surface area contributed by atoms with Gasteiger partial charge in [0.1, 0.15) is 5.76 Å². The molecule has 1 aliphatic rings. The van der Waals surface area contributed by atoms with Gasteiger partial charge in [-0.25, -0.2) is 9.67 Å². The lowest BCUT2D eigenvalue weighted by molar-refractivity contribution is -0.115. The first-order chi connectivity index (χ1) is 13.1. The molecule has 150 valence electrons. The molecule has 0 saturated carbocycles. The maximum Gasteiger partial charge on any atom is 0.232 e. The predicted octanol–water partition coefficient (Wildman–Crippen LogP) is 2.91. The highest BCUT2D eigenvalue weighted by Crippen LogP contribution is 2.26. The predicted molar refractivity (Wildman–Crippen MR) is 110 cm³/mol. The number of anilines is 1. The highest BCUT2D eigenvalue weighted by atomic mass is 35.5. The Balaban J connectivity index is 0.00000225. The molecule has 28 heavy (non-hydrogen) atoms. The molecule has 4 rings (SSSR count). The minimum absolute atomic E-state index is 0. The first-order valence-electron chi connectivity index (χ1n) is 9.01. The Hall–Kier alpha value is -2.23. The minimum Gasteiger partial charge on any atom is -0.459 e. The molecule has 0 aliphatic carbocycles. The van der Waals surface area contributed by atoms with Crippen molar-refractivity contribution in [2.75, 3.05) is 18.4 Å². The zero-order valence-electron chi connectivity index (χ0n) is 15.8. The second-order valence-electron chi connectivity index (χ2n) is 6.72. The van der Waals surface area contributed by atoms with Gasteiger partial charge >= 0.3 is 0 Å². The van der Waals surface area contributed by atoms with E-state index in [0.29, 0.717) is 17.6 Å². The van der Waals surface area contributed by atoms with E-state index in [0.717, 1.165) is 48.3 Å². The highest BCUT2D eigenvalue weighted by molar-refractivity contribution is 7.13. The van der Waals surface area contributed by atoms with E-state index in [4.69, 9.17) is 4.42 Å². The van der Waals surface area contributed by atoms with Crippen LogP contribution in [0.1, 0.15) is 36.0 Å². The number of nitrogens with one attached hydrogen (secondary N) is 2. The van der Waals surface area contributed by atoms with Crippen molar-refractivity contribution in [2.24, 2.45) is 7.05 Å². The van der Waals surface area contributed by atoms with E-state index >= 15 is 0 Å². The molecule has 1 saturated heterocycles. The smallest absolute Gasteiger partial charge is 0.232 e. The van der Waals surface area contributed by atoms with Crippen LogP contribution < -0.4 is 10.6 Å². The van der Waals surface area contributed by atoms with Gasteiger partial charge in [-0.1, -0.05) is 0 Å². The monoisotopic (exact) mass is 422 g/mol. The summed E-state index contributed by atoms with van der Waals surface area (Å²) in [5.41, 5.74) is 0.710. The molecule has 0 radical (unpaired) electrons. The van der Waals surface area contributed by atoms with Crippen molar-refractivity contribution in [3.05, 3.63) is 34.8 Å². The van der Waals surface area contributed by atoms with Crippen LogP contribution in [-0.4, -0.2) is 38.7 Å². The Morgan fingerprint density at radius 3 is 2.86 bits per heavy atom. The van der Waals surface area contributed by atoms with E-state index < -0.39 is 0 Å². The molecule has 0 atom stereocenters. The number of amides is 1. The third-order valence-corrected chi connectivity index (χ3v) is 5.49. The number of aryl methyl sites for hydroxylation is 2. The van der Waals surface area contributed by atoms with Crippen LogP contribution >= 0.6 is 23.7 Å². The van der Waals surface area contributed by atoms with Gasteiger partial charge in [0.15, 0.2) is 16.6 Å². The van der Waals surface area contributed by atoms with Gasteiger partial charge in [-0.05, 0) is 45.0 Å². The lowest BCUT2D eigenvalue weighted by Crippen LogP contribution is -2.27. The van der Waals surface area contributed by atoms with E-state index in [1.165, 1.54) is 11.3 Å².